The molecule has 0 saturated carbocycles. The molecule has 2 aliphatic heterocycles. The quantitative estimate of drug-likeness (QED) is 0.696. The predicted molar refractivity (Wildman–Crippen MR) is 96.2 cm³/mol. The van der Waals surface area contributed by atoms with Crippen molar-refractivity contribution in [3.8, 4) is 0 Å². The molecule has 1 unspecified atom stereocenters. The van der Waals surface area contributed by atoms with Crippen LogP contribution in [-0.4, -0.2) is 68.6 Å². The van der Waals surface area contributed by atoms with Gasteiger partial charge >= 0.3 is 0 Å². The highest BCUT2D eigenvalue weighted by Gasteiger charge is 2.31. The van der Waals surface area contributed by atoms with Crippen molar-refractivity contribution >= 4 is 15.9 Å². The number of carbonyl (C=O) groups is 1. The summed E-state index contributed by atoms with van der Waals surface area (Å²) in [6, 6.07) is 0. The fourth-order valence-corrected chi connectivity index (χ4v) is 4.72. The number of nitrogens with zero attached hydrogens (tertiary/aromatic N) is 2. The van der Waals surface area contributed by atoms with Gasteiger partial charge in [-0.2, -0.15) is 0 Å². The Morgan fingerprint density at radius 2 is 1.88 bits per heavy atom. The third-order valence-corrected chi connectivity index (χ3v) is 7.19. The second-order valence-electron chi connectivity index (χ2n) is 7.27. The number of piperidine rings is 2. The van der Waals surface area contributed by atoms with E-state index in [9.17, 15) is 13.2 Å². The van der Waals surface area contributed by atoms with Crippen molar-refractivity contribution in [2.75, 3.05) is 45.0 Å². The van der Waals surface area contributed by atoms with E-state index in [4.69, 9.17) is 0 Å². The molecule has 0 radical (unpaired) electrons. The van der Waals surface area contributed by atoms with Crippen LogP contribution in [0.3, 0.4) is 0 Å². The third kappa shape index (κ3) is 5.70. The molecule has 0 spiro atoms. The van der Waals surface area contributed by atoms with Crippen LogP contribution in [0.5, 0.6) is 0 Å². The van der Waals surface area contributed by atoms with Crippen molar-refractivity contribution in [2.24, 2.45) is 11.8 Å². The lowest BCUT2D eigenvalue weighted by Gasteiger charge is -2.31. The molecule has 2 saturated heterocycles. The van der Waals surface area contributed by atoms with Gasteiger partial charge in [0.25, 0.3) is 0 Å². The predicted octanol–water partition coefficient (Wildman–Crippen LogP) is 1.29. The molecule has 0 aromatic rings. The summed E-state index contributed by atoms with van der Waals surface area (Å²) in [5.74, 6) is 0.763. The topological polar surface area (TPSA) is 69.7 Å². The van der Waals surface area contributed by atoms with Crippen LogP contribution < -0.4 is 5.32 Å². The van der Waals surface area contributed by atoms with E-state index in [0.29, 0.717) is 19.6 Å². The first kappa shape index (κ1) is 19.7. The lowest BCUT2D eigenvalue weighted by atomic mass is 9.98. The van der Waals surface area contributed by atoms with Crippen molar-refractivity contribution in [3.63, 3.8) is 0 Å². The Bertz CT molecular complexity index is 501. The summed E-state index contributed by atoms with van der Waals surface area (Å²) in [6.07, 6.45) is 5.06. The molecule has 6 nitrogen and oxygen atoms in total. The molecule has 1 amide bonds. The fourth-order valence-electron chi connectivity index (χ4n) is 3.54. The second-order valence-corrected chi connectivity index (χ2v) is 9.52. The Kier molecular flexibility index (Phi) is 7.50. The number of amides is 1. The number of nitrogens with one attached hydrogen (secondary N) is 1. The molecule has 7 heteroatoms. The average molecular weight is 360 g/mol. The minimum Gasteiger partial charge on any atom is -0.356 e. The van der Waals surface area contributed by atoms with Crippen molar-refractivity contribution in [1.82, 2.24) is 14.5 Å². The first-order valence-corrected chi connectivity index (χ1v) is 11.0. The van der Waals surface area contributed by atoms with Gasteiger partial charge in [-0.25, -0.2) is 12.7 Å². The van der Waals surface area contributed by atoms with Gasteiger partial charge in [0.1, 0.15) is 0 Å². The second kappa shape index (κ2) is 9.15. The molecule has 2 rings (SSSR count). The summed E-state index contributed by atoms with van der Waals surface area (Å²) in [6.45, 7) is 8.91. The summed E-state index contributed by atoms with van der Waals surface area (Å²) in [7, 11) is -3.19. The Balaban J connectivity index is 1.67. The van der Waals surface area contributed by atoms with Gasteiger partial charge in [0.05, 0.1) is 11.7 Å². The average Bonchev–Trinajstić information content (AvgIpc) is 2.60. The van der Waals surface area contributed by atoms with E-state index in [-0.39, 0.29) is 17.6 Å². The SMILES string of the molecule is CCS(=O)(=O)N1CCCC(C(=O)NCCCN2CCC(C)CC2)C1. The largest absolute Gasteiger partial charge is 0.356 e. The van der Waals surface area contributed by atoms with E-state index in [2.05, 4.69) is 17.1 Å². The molecule has 1 N–H and O–H groups in total. The number of rotatable bonds is 7. The van der Waals surface area contributed by atoms with E-state index in [1.54, 1.807) is 6.92 Å². The van der Waals surface area contributed by atoms with E-state index in [1.807, 2.05) is 0 Å². The highest BCUT2D eigenvalue weighted by Crippen LogP contribution is 2.20. The first-order chi connectivity index (χ1) is 11.4. The Hall–Kier alpha value is -0.660. The maximum atomic E-state index is 12.3. The molecule has 2 aliphatic rings. The van der Waals surface area contributed by atoms with Crippen LogP contribution in [0.1, 0.15) is 46.0 Å². The zero-order valence-electron chi connectivity index (χ0n) is 15.2. The van der Waals surface area contributed by atoms with Crippen LogP contribution in [0, 0.1) is 11.8 Å². The number of sulfonamides is 1. The summed E-state index contributed by atoms with van der Waals surface area (Å²) in [5, 5.41) is 3.00. The summed E-state index contributed by atoms with van der Waals surface area (Å²) < 4.78 is 25.4. The van der Waals surface area contributed by atoms with Gasteiger partial charge in [-0.05, 0) is 64.6 Å². The smallest absolute Gasteiger partial charge is 0.224 e. The molecular formula is C17H33N3O3S. The fraction of sp³-hybridized carbons (Fsp3) is 0.941. The van der Waals surface area contributed by atoms with Gasteiger partial charge in [0.15, 0.2) is 0 Å². The van der Waals surface area contributed by atoms with E-state index in [1.165, 1.54) is 30.2 Å². The van der Waals surface area contributed by atoms with Gasteiger partial charge in [0, 0.05) is 19.6 Å². The van der Waals surface area contributed by atoms with Crippen molar-refractivity contribution in [2.45, 2.75) is 46.0 Å². The molecule has 24 heavy (non-hydrogen) atoms. The molecule has 1 atom stereocenters. The van der Waals surface area contributed by atoms with Crippen molar-refractivity contribution in [1.29, 1.82) is 0 Å². The van der Waals surface area contributed by atoms with Crippen LogP contribution in [-0.2, 0) is 14.8 Å². The van der Waals surface area contributed by atoms with Crippen LogP contribution in [0.15, 0.2) is 0 Å². The monoisotopic (exact) mass is 359 g/mol. The van der Waals surface area contributed by atoms with Gasteiger partial charge in [0.2, 0.25) is 15.9 Å². The molecular weight excluding hydrogens is 326 g/mol. The van der Waals surface area contributed by atoms with Gasteiger partial charge in [-0.3, -0.25) is 4.79 Å². The van der Waals surface area contributed by atoms with E-state index >= 15 is 0 Å². The van der Waals surface area contributed by atoms with Crippen LogP contribution >= 0.6 is 0 Å². The molecule has 0 bridgehead atoms. The van der Waals surface area contributed by atoms with Gasteiger partial charge < -0.3 is 10.2 Å². The zero-order valence-corrected chi connectivity index (χ0v) is 16.0. The highest BCUT2D eigenvalue weighted by atomic mass is 32.2. The molecule has 140 valence electrons. The van der Waals surface area contributed by atoms with E-state index in [0.717, 1.165) is 31.7 Å². The first-order valence-electron chi connectivity index (χ1n) is 9.40. The Morgan fingerprint density at radius 1 is 1.17 bits per heavy atom. The summed E-state index contributed by atoms with van der Waals surface area (Å²) >= 11 is 0. The lowest BCUT2D eigenvalue weighted by Crippen LogP contribution is -2.46. The minimum absolute atomic E-state index is 0.0123. The number of likely N-dealkylation sites (tertiary alicyclic amines) is 1. The van der Waals surface area contributed by atoms with Crippen molar-refractivity contribution < 1.29 is 13.2 Å². The minimum atomic E-state index is -3.19. The van der Waals surface area contributed by atoms with Crippen molar-refractivity contribution in [3.05, 3.63) is 0 Å². The molecule has 0 aromatic heterocycles. The van der Waals surface area contributed by atoms with E-state index < -0.39 is 10.0 Å². The van der Waals surface area contributed by atoms with Crippen LogP contribution in [0.2, 0.25) is 0 Å². The zero-order chi connectivity index (χ0) is 17.6. The summed E-state index contributed by atoms with van der Waals surface area (Å²) in [4.78, 5) is 14.8. The van der Waals surface area contributed by atoms with Gasteiger partial charge in [-0.1, -0.05) is 6.92 Å². The molecule has 0 aliphatic carbocycles. The normalized spacial score (nSPS) is 24.8. The number of hydrogen-bond donors (Lipinski definition) is 1. The summed E-state index contributed by atoms with van der Waals surface area (Å²) in [5.41, 5.74) is 0. The Labute approximate surface area is 147 Å². The number of hydrogen-bond acceptors (Lipinski definition) is 4. The number of carbonyl (C=O) groups excluding carboxylic acids is 1. The highest BCUT2D eigenvalue weighted by molar-refractivity contribution is 7.89. The van der Waals surface area contributed by atoms with Crippen LogP contribution in [0.25, 0.3) is 0 Å². The van der Waals surface area contributed by atoms with Gasteiger partial charge in [-0.15, -0.1) is 0 Å². The lowest BCUT2D eigenvalue weighted by molar-refractivity contribution is -0.126. The Morgan fingerprint density at radius 3 is 2.54 bits per heavy atom. The molecule has 2 fully saturated rings. The maximum Gasteiger partial charge on any atom is 0.224 e. The maximum absolute atomic E-state index is 12.3. The third-order valence-electron chi connectivity index (χ3n) is 5.34. The molecule has 2 heterocycles. The standard InChI is InChI=1S/C17H33N3O3S/c1-3-24(22,23)20-11-4-6-16(14-20)17(21)18-9-5-10-19-12-7-15(2)8-13-19/h15-16H,3-14H2,1-2H3,(H,18,21). The molecule has 0 aromatic carbocycles. The van der Waals surface area contributed by atoms with Crippen LogP contribution in [0.4, 0.5) is 0 Å².